The minimum Gasteiger partial charge on any atom is -0.379 e. The van der Waals surface area contributed by atoms with Crippen LogP contribution in [0, 0.1) is 0 Å². The molecule has 1 aliphatic heterocycles. The van der Waals surface area contributed by atoms with Crippen molar-refractivity contribution in [3.63, 3.8) is 0 Å². The van der Waals surface area contributed by atoms with Crippen LogP contribution >= 0.6 is 0 Å². The van der Waals surface area contributed by atoms with Crippen molar-refractivity contribution < 1.29 is 18.3 Å². The smallest absolute Gasteiger partial charge is 0.280 e. The molecule has 2 aliphatic rings. The summed E-state index contributed by atoms with van der Waals surface area (Å²) in [5.74, 6) is -0.129. The van der Waals surface area contributed by atoms with Gasteiger partial charge >= 0.3 is 0 Å². The Balaban J connectivity index is 1.47. The average molecular weight is 365 g/mol. The molecule has 1 N–H and O–H groups in total. The number of halogens is 2. The summed E-state index contributed by atoms with van der Waals surface area (Å²) in [6.07, 6.45) is -0.737. The number of aromatic nitrogens is 3. The number of carbonyl (C=O) groups is 1. The van der Waals surface area contributed by atoms with Crippen LogP contribution in [0.4, 0.5) is 8.78 Å². The van der Waals surface area contributed by atoms with Crippen LogP contribution in [-0.4, -0.2) is 64.8 Å². The SMILES string of the molecule is O=C(NCCN1CCOCC1)c1cc2nc(C3CC3)cc(C(F)F)n2n1. The van der Waals surface area contributed by atoms with E-state index in [9.17, 15) is 13.6 Å². The van der Waals surface area contributed by atoms with Gasteiger partial charge in [-0.3, -0.25) is 9.69 Å². The van der Waals surface area contributed by atoms with Gasteiger partial charge in [0, 0.05) is 43.9 Å². The Morgan fingerprint density at radius 2 is 2.08 bits per heavy atom. The predicted molar refractivity (Wildman–Crippen MR) is 89.5 cm³/mol. The van der Waals surface area contributed by atoms with Gasteiger partial charge in [-0.25, -0.2) is 18.3 Å². The minimum atomic E-state index is -2.67. The van der Waals surface area contributed by atoms with Crippen LogP contribution in [0.2, 0.25) is 0 Å². The Morgan fingerprint density at radius 1 is 1.31 bits per heavy atom. The predicted octanol–water partition coefficient (Wildman–Crippen LogP) is 1.61. The van der Waals surface area contributed by atoms with Gasteiger partial charge in [-0.15, -0.1) is 0 Å². The third-order valence-corrected chi connectivity index (χ3v) is 4.74. The summed E-state index contributed by atoms with van der Waals surface area (Å²) >= 11 is 0. The quantitative estimate of drug-likeness (QED) is 0.842. The van der Waals surface area contributed by atoms with Crippen molar-refractivity contribution >= 4 is 11.6 Å². The molecule has 0 unspecified atom stereocenters. The van der Waals surface area contributed by atoms with Gasteiger partial charge in [0.05, 0.1) is 13.2 Å². The molecule has 1 amide bonds. The highest BCUT2D eigenvalue weighted by molar-refractivity contribution is 5.93. The van der Waals surface area contributed by atoms with E-state index in [2.05, 4.69) is 20.3 Å². The van der Waals surface area contributed by atoms with Gasteiger partial charge in [0.15, 0.2) is 11.3 Å². The standard InChI is InChI=1S/C17H21F2N5O2/c18-16(19)14-9-12(11-1-2-11)21-15-10-13(22-24(14)15)17(25)20-3-4-23-5-7-26-8-6-23/h9-11,16H,1-8H2,(H,20,25). The molecule has 1 aliphatic carbocycles. The highest BCUT2D eigenvalue weighted by atomic mass is 19.3. The lowest BCUT2D eigenvalue weighted by molar-refractivity contribution is 0.0383. The summed E-state index contributed by atoms with van der Waals surface area (Å²) in [6, 6.07) is 2.88. The zero-order valence-corrected chi connectivity index (χ0v) is 14.3. The highest BCUT2D eigenvalue weighted by Crippen LogP contribution is 2.40. The number of fused-ring (bicyclic) bond motifs is 1. The molecule has 140 valence electrons. The van der Waals surface area contributed by atoms with Crippen LogP contribution in [-0.2, 0) is 4.74 Å². The molecule has 1 saturated heterocycles. The van der Waals surface area contributed by atoms with E-state index in [4.69, 9.17) is 4.74 Å². The van der Waals surface area contributed by atoms with E-state index in [1.807, 2.05) is 0 Å². The molecule has 7 nitrogen and oxygen atoms in total. The first-order chi connectivity index (χ1) is 12.6. The molecule has 3 heterocycles. The fraction of sp³-hybridized carbons (Fsp3) is 0.588. The number of amides is 1. The maximum Gasteiger partial charge on any atom is 0.280 e. The van der Waals surface area contributed by atoms with E-state index < -0.39 is 6.43 Å². The molecule has 1 saturated carbocycles. The molecule has 2 aromatic rings. The molecule has 0 radical (unpaired) electrons. The Labute approximate surface area is 149 Å². The molecular weight excluding hydrogens is 344 g/mol. The van der Waals surface area contributed by atoms with Gasteiger partial charge in [0.1, 0.15) is 5.69 Å². The number of carbonyl (C=O) groups excluding carboxylic acids is 1. The van der Waals surface area contributed by atoms with Gasteiger partial charge in [-0.05, 0) is 18.9 Å². The van der Waals surface area contributed by atoms with Crippen molar-refractivity contribution in [3.05, 3.63) is 29.2 Å². The molecule has 0 atom stereocenters. The van der Waals surface area contributed by atoms with Crippen LogP contribution < -0.4 is 5.32 Å². The van der Waals surface area contributed by atoms with Gasteiger partial charge < -0.3 is 10.1 Å². The first kappa shape index (κ1) is 17.3. The van der Waals surface area contributed by atoms with E-state index in [0.717, 1.165) is 37.0 Å². The normalized spacial score (nSPS) is 18.6. The third-order valence-electron chi connectivity index (χ3n) is 4.74. The zero-order valence-electron chi connectivity index (χ0n) is 14.3. The fourth-order valence-electron chi connectivity index (χ4n) is 3.12. The highest BCUT2D eigenvalue weighted by Gasteiger charge is 2.28. The molecular formula is C17H21F2N5O2. The molecule has 9 heteroatoms. The largest absolute Gasteiger partial charge is 0.379 e. The summed E-state index contributed by atoms with van der Waals surface area (Å²) in [7, 11) is 0. The summed E-state index contributed by atoms with van der Waals surface area (Å²) in [5, 5.41) is 6.84. The molecule has 26 heavy (non-hydrogen) atoms. The van der Waals surface area contributed by atoms with E-state index in [1.54, 1.807) is 0 Å². The van der Waals surface area contributed by atoms with Crippen LogP contribution in [0.1, 0.15) is 47.1 Å². The Bertz CT molecular complexity index is 800. The number of morpholine rings is 1. The summed E-state index contributed by atoms with van der Waals surface area (Å²) < 4.78 is 33.1. The molecule has 0 spiro atoms. The van der Waals surface area contributed by atoms with Crippen LogP contribution in [0.3, 0.4) is 0 Å². The van der Waals surface area contributed by atoms with Crippen molar-refractivity contribution in [1.29, 1.82) is 0 Å². The Kier molecular flexibility index (Phi) is 4.82. The lowest BCUT2D eigenvalue weighted by Crippen LogP contribution is -2.41. The van der Waals surface area contributed by atoms with Crippen LogP contribution in [0.15, 0.2) is 12.1 Å². The maximum atomic E-state index is 13.4. The first-order valence-corrected chi connectivity index (χ1v) is 8.89. The maximum absolute atomic E-state index is 13.4. The number of ether oxygens (including phenoxy) is 1. The monoisotopic (exact) mass is 365 g/mol. The summed E-state index contributed by atoms with van der Waals surface area (Å²) in [5.41, 5.74) is 0.841. The lowest BCUT2D eigenvalue weighted by atomic mass is 10.2. The molecule has 4 rings (SSSR count). The number of nitrogens with one attached hydrogen (secondary N) is 1. The summed E-state index contributed by atoms with van der Waals surface area (Å²) in [4.78, 5) is 18.9. The fourth-order valence-corrected chi connectivity index (χ4v) is 3.12. The van der Waals surface area contributed by atoms with Crippen molar-refractivity contribution in [2.75, 3.05) is 39.4 Å². The van der Waals surface area contributed by atoms with Crippen molar-refractivity contribution in [3.8, 4) is 0 Å². The summed E-state index contributed by atoms with van der Waals surface area (Å²) in [6.45, 7) is 4.27. The third kappa shape index (κ3) is 3.68. The average Bonchev–Trinajstić information content (AvgIpc) is 3.40. The van der Waals surface area contributed by atoms with Crippen LogP contribution in [0.5, 0.6) is 0 Å². The van der Waals surface area contributed by atoms with Crippen molar-refractivity contribution in [1.82, 2.24) is 24.8 Å². The van der Waals surface area contributed by atoms with Gasteiger partial charge in [-0.2, -0.15) is 5.10 Å². The van der Waals surface area contributed by atoms with E-state index in [-0.39, 0.29) is 23.2 Å². The van der Waals surface area contributed by atoms with Gasteiger partial charge in [-0.1, -0.05) is 0 Å². The Hall–Kier alpha value is -2.13. The minimum absolute atomic E-state index is 0.106. The number of rotatable bonds is 6. The van der Waals surface area contributed by atoms with E-state index in [1.165, 1.54) is 12.1 Å². The number of hydrogen-bond acceptors (Lipinski definition) is 5. The second-order valence-corrected chi connectivity index (χ2v) is 6.69. The zero-order chi connectivity index (χ0) is 18.1. The topological polar surface area (TPSA) is 71.8 Å². The van der Waals surface area contributed by atoms with E-state index in [0.29, 0.717) is 31.1 Å². The number of hydrogen-bond donors (Lipinski definition) is 1. The van der Waals surface area contributed by atoms with Crippen molar-refractivity contribution in [2.45, 2.75) is 25.2 Å². The molecule has 2 fully saturated rings. The van der Waals surface area contributed by atoms with Gasteiger partial charge in [0.25, 0.3) is 12.3 Å². The lowest BCUT2D eigenvalue weighted by Gasteiger charge is -2.26. The number of alkyl halides is 2. The second-order valence-electron chi connectivity index (χ2n) is 6.69. The first-order valence-electron chi connectivity index (χ1n) is 8.89. The van der Waals surface area contributed by atoms with E-state index >= 15 is 0 Å². The van der Waals surface area contributed by atoms with Crippen LogP contribution in [0.25, 0.3) is 5.65 Å². The molecule has 2 aromatic heterocycles. The van der Waals surface area contributed by atoms with Crippen molar-refractivity contribution in [2.24, 2.45) is 0 Å². The Morgan fingerprint density at radius 3 is 2.77 bits per heavy atom. The molecule has 0 bridgehead atoms. The molecule has 0 aromatic carbocycles. The number of nitrogens with zero attached hydrogens (tertiary/aromatic N) is 4. The second kappa shape index (κ2) is 7.24. The van der Waals surface area contributed by atoms with Gasteiger partial charge in [0.2, 0.25) is 0 Å².